The van der Waals surface area contributed by atoms with Crippen molar-refractivity contribution in [3.8, 4) is 5.75 Å². The lowest BCUT2D eigenvalue weighted by Crippen LogP contribution is -2.15. The Morgan fingerprint density at radius 3 is 2.96 bits per heavy atom. The lowest BCUT2D eigenvalue weighted by Gasteiger charge is -2.21. The van der Waals surface area contributed by atoms with Crippen molar-refractivity contribution in [3.63, 3.8) is 0 Å². The van der Waals surface area contributed by atoms with Gasteiger partial charge in [-0.3, -0.25) is 10.1 Å². The highest BCUT2D eigenvalue weighted by atomic mass is 16.7. The van der Waals surface area contributed by atoms with Gasteiger partial charge in [0.15, 0.2) is 6.79 Å². The van der Waals surface area contributed by atoms with Gasteiger partial charge in [-0.1, -0.05) is 12.1 Å². The number of fused-ring (bicyclic) bond motifs is 2. The minimum atomic E-state index is -0.433. The number of para-hydroxylation sites is 2. The number of aliphatic hydroxyl groups excluding tert-OH is 1. The smallest absolute Gasteiger partial charge is 0.270 e. The van der Waals surface area contributed by atoms with Gasteiger partial charge in [-0.2, -0.15) is 0 Å². The molecule has 0 spiro atoms. The molecule has 1 aliphatic rings. The van der Waals surface area contributed by atoms with Crippen molar-refractivity contribution in [2.45, 2.75) is 19.8 Å². The summed E-state index contributed by atoms with van der Waals surface area (Å²) in [4.78, 5) is 15.2. The van der Waals surface area contributed by atoms with E-state index in [1.807, 2.05) is 28.8 Å². The summed E-state index contributed by atoms with van der Waals surface area (Å²) in [7, 11) is 0. The van der Waals surface area contributed by atoms with Crippen LogP contribution < -0.4 is 4.74 Å². The first kappa shape index (κ1) is 15.6. The zero-order valence-corrected chi connectivity index (χ0v) is 13.2. The Labute approximate surface area is 142 Å². The molecule has 0 saturated heterocycles. The second-order valence-corrected chi connectivity index (χ2v) is 5.72. The molecule has 0 atom stereocenters. The molecule has 8 nitrogen and oxygen atoms in total. The molecule has 0 radical (unpaired) electrons. The second-order valence-electron chi connectivity index (χ2n) is 5.72. The lowest BCUT2D eigenvalue weighted by molar-refractivity contribution is -0.385. The number of hydrogen-bond acceptors (Lipinski definition) is 6. The van der Waals surface area contributed by atoms with E-state index in [0.717, 1.165) is 11.0 Å². The number of benzene rings is 2. The zero-order valence-electron chi connectivity index (χ0n) is 13.2. The summed E-state index contributed by atoms with van der Waals surface area (Å²) >= 11 is 0. The van der Waals surface area contributed by atoms with Crippen molar-refractivity contribution >= 4 is 16.7 Å². The van der Waals surface area contributed by atoms with E-state index in [1.165, 1.54) is 12.1 Å². The molecule has 1 aliphatic heterocycles. The molecule has 0 fully saturated rings. The average molecular weight is 341 g/mol. The molecule has 1 N–H and O–H groups in total. The summed E-state index contributed by atoms with van der Waals surface area (Å²) in [6, 6.07) is 10.5. The van der Waals surface area contributed by atoms with Crippen LogP contribution in [-0.4, -0.2) is 26.4 Å². The maximum atomic E-state index is 11.2. The quantitative estimate of drug-likeness (QED) is 0.577. The van der Waals surface area contributed by atoms with E-state index >= 15 is 0 Å². The molecule has 4 rings (SSSR count). The number of nitro groups is 1. The standard InChI is InChI=1S/C17H15N3O5/c21-8-16-18-14-3-1-2-4-15(14)19(16)7-11-5-13(20(22)23)6-12-9-24-10-25-17(11)12/h1-6,21H,7-10H2. The number of non-ortho nitro benzene ring substituents is 1. The zero-order chi connectivity index (χ0) is 17.4. The Kier molecular flexibility index (Phi) is 3.83. The molecule has 0 unspecified atom stereocenters. The van der Waals surface area contributed by atoms with Gasteiger partial charge in [-0.05, 0) is 12.1 Å². The molecule has 3 aromatic rings. The number of rotatable bonds is 4. The summed E-state index contributed by atoms with van der Waals surface area (Å²) in [5, 5.41) is 20.9. The summed E-state index contributed by atoms with van der Waals surface area (Å²) < 4.78 is 12.7. The highest BCUT2D eigenvalue weighted by Crippen LogP contribution is 2.34. The highest BCUT2D eigenvalue weighted by Gasteiger charge is 2.22. The number of nitrogens with zero attached hydrogens (tertiary/aromatic N) is 3. The van der Waals surface area contributed by atoms with Crippen LogP contribution in [0.5, 0.6) is 5.75 Å². The van der Waals surface area contributed by atoms with Gasteiger partial charge < -0.3 is 19.1 Å². The van der Waals surface area contributed by atoms with Crippen molar-refractivity contribution in [1.82, 2.24) is 9.55 Å². The first-order valence-corrected chi connectivity index (χ1v) is 7.73. The van der Waals surface area contributed by atoms with E-state index in [2.05, 4.69) is 4.98 Å². The van der Waals surface area contributed by atoms with Gasteiger partial charge in [0.25, 0.3) is 5.69 Å². The summed E-state index contributed by atoms with van der Waals surface area (Å²) in [6.07, 6.45) is 0. The minimum absolute atomic E-state index is 0.0159. The first-order valence-electron chi connectivity index (χ1n) is 7.73. The van der Waals surface area contributed by atoms with Crippen LogP contribution in [0, 0.1) is 10.1 Å². The number of imidazole rings is 1. The molecular formula is C17H15N3O5. The summed E-state index contributed by atoms with van der Waals surface area (Å²) in [5.41, 5.74) is 2.89. The van der Waals surface area contributed by atoms with Gasteiger partial charge in [0.2, 0.25) is 0 Å². The van der Waals surface area contributed by atoms with E-state index in [4.69, 9.17) is 9.47 Å². The van der Waals surface area contributed by atoms with E-state index in [0.29, 0.717) is 29.2 Å². The third-order valence-corrected chi connectivity index (χ3v) is 4.19. The molecule has 2 aromatic carbocycles. The fourth-order valence-electron chi connectivity index (χ4n) is 3.10. The number of hydrogen-bond donors (Lipinski definition) is 1. The molecule has 0 amide bonds. The normalized spacial score (nSPS) is 13.5. The van der Waals surface area contributed by atoms with Crippen LogP contribution >= 0.6 is 0 Å². The Morgan fingerprint density at radius 1 is 1.32 bits per heavy atom. The van der Waals surface area contributed by atoms with Gasteiger partial charge in [0, 0.05) is 23.3 Å². The van der Waals surface area contributed by atoms with Crippen molar-refractivity contribution in [1.29, 1.82) is 0 Å². The van der Waals surface area contributed by atoms with Gasteiger partial charge >= 0.3 is 0 Å². The fraction of sp³-hybridized carbons (Fsp3) is 0.235. The molecular weight excluding hydrogens is 326 g/mol. The lowest BCUT2D eigenvalue weighted by atomic mass is 10.1. The van der Waals surface area contributed by atoms with Gasteiger partial charge in [-0.15, -0.1) is 0 Å². The third-order valence-electron chi connectivity index (χ3n) is 4.19. The van der Waals surface area contributed by atoms with Crippen LogP contribution in [0.4, 0.5) is 5.69 Å². The van der Waals surface area contributed by atoms with Crippen LogP contribution in [0.15, 0.2) is 36.4 Å². The van der Waals surface area contributed by atoms with Crippen LogP contribution in [0.25, 0.3) is 11.0 Å². The first-order chi connectivity index (χ1) is 12.2. The summed E-state index contributed by atoms with van der Waals surface area (Å²) in [5.74, 6) is 1.09. The predicted octanol–water partition coefficient (Wildman–Crippen LogP) is 2.35. The van der Waals surface area contributed by atoms with E-state index in [1.54, 1.807) is 0 Å². The molecule has 8 heteroatoms. The number of nitro benzene ring substituents is 1. The number of aromatic nitrogens is 2. The Bertz CT molecular complexity index is 966. The average Bonchev–Trinajstić information content (AvgIpc) is 2.99. The highest BCUT2D eigenvalue weighted by molar-refractivity contribution is 5.76. The predicted molar refractivity (Wildman–Crippen MR) is 88.1 cm³/mol. The Morgan fingerprint density at radius 2 is 2.16 bits per heavy atom. The topological polar surface area (TPSA) is 99.7 Å². The minimum Gasteiger partial charge on any atom is -0.467 e. The Hall–Kier alpha value is -2.97. The molecule has 25 heavy (non-hydrogen) atoms. The monoisotopic (exact) mass is 341 g/mol. The number of ether oxygens (including phenoxy) is 2. The maximum Gasteiger partial charge on any atom is 0.270 e. The molecule has 2 heterocycles. The molecule has 0 aliphatic carbocycles. The van der Waals surface area contributed by atoms with Crippen LogP contribution in [-0.2, 0) is 24.5 Å². The molecule has 0 saturated carbocycles. The Balaban J connectivity index is 1.86. The SMILES string of the molecule is O=[N+]([O-])c1cc2c(c(Cn3c(CO)nc4ccccc43)c1)OCOC2. The van der Waals surface area contributed by atoms with Gasteiger partial charge in [-0.25, -0.2) is 4.98 Å². The van der Waals surface area contributed by atoms with E-state index in [-0.39, 0.29) is 25.7 Å². The maximum absolute atomic E-state index is 11.2. The molecule has 1 aromatic heterocycles. The van der Waals surface area contributed by atoms with Crippen LogP contribution in [0.2, 0.25) is 0 Å². The van der Waals surface area contributed by atoms with Crippen molar-refractivity contribution in [2.24, 2.45) is 0 Å². The molecule has 0 bridgehead atoms. The van der Waals surface area contributed by atoms with Crippen LogP contribution in [0.1, 0.15) is 17.0 Å². The second kappa shape index (κ2) is 6.15. The van der Waals surface area contributed by atoms with Crippen molar-refractivity contribution in [2.75, 3.05) is 6.79 Å². The molecule has 128 valence electrons. The third kappa shape index (κ3) is 2.71. The number of aliphatic hydroxyl groups is 1. The van der Waals surface area contributed by atoms with E-state index in [9.17, 15) is 15.2 Å². The fourth-order valence-corrected chi connectivity index (χ4v) is 3.10. The van der Waals surface area contributed by atoms with Gasteiger partial charge in [0.1, 0.15) is 18.2 Å². The van der Waals surface area contributed by atoms with Crippen LogP contribution in [0.3, 0.4) is 0 Å². The van der Waals surface area contributed by atoms with E-state index < -0.39 is 4.92 Å². The van der Waals surface area contributed by atoms with Gasteiger partial charge in [0.05, 0.1) is 29.1 Å². The summed E-state index contributed by atoms with van der Waals surface area (Å²) in [6.45, 7) is 0.451. The van der Waals surface area contributed by atoms with Crippen molar-refractivity contribution < 1.29 is 19.5 Å². The van der Waals surface area contributed by atoms with Crippen molar-refractivity contribution in [3.05, 3.63) is 63.5 Å². The largest absolute Gasteiger partial charge is 0.467 e.